The summed E-state index contributed by atoms with van der Waals surface area (Å²) in [5, 5.41) is 3.01. The van der Waals surface area contributed by atoms with Gasteiger partial charge in [-0.05, 0) is 32.0 Å². The molecule has 0 saturated carbocycles. The number of ether oxygens (including phenoxy) is 3. The first-order valence-electron chi connectivity index (χ1n) is 7.81. The zero-order valence-electron chi connectivity index (χ0n) is 14.3. The van der Waals surface area contributed by atoms with Crippen molar-refractivity contribution in [1.82, 2.24) is 10.2 Å². The Kier molecular flexibility index (Phi) is 5.85. The summed E-state index contributed by atoms with van der Waals surface area (Å²) in [4.78, 5) is 14.9. The Morgan fingerprint density at radius 3 is 2.57 bits per heavy atom. The average molecular weight is 322 g/mol. The van der Waals surface area contributed by atoms with Gasteiger partial charge in [-0.25, -0.2) is 0 Å². The van der Waals surface area contributed by atoms with Gasteiger partial charge in [-0.2, -0.15) is 0 Å². The van der Waals surface area contributed by atoms with Crippen LogP contribution in [0.4, 0.5) is 0 Å². The van der Waals surface area contributed by atoms with Crippen LogP contribution in [0.15, 0.2) is 18.2 Å². The van der Waals surface area contributed by atoms with Crippen LogP contribution in [0.2, 0.25) is 0 Å². The largest absolute Gasteiger partial charge is 0.497 e. The predicted molar refractivity (Wildman–Crippen MR) is 88.4 cm³/mol. The molecule has 2 rings (SSSR count). The molecule has 1 N–H and O–H groups in total. The highest BCUT2D eigenvalue weighted by Gasteiger charge is 2.29. The highest BCUT2D eigenvalue weighted by atomic mass is 16.5. The summed E-state index contributed by atoms with van der Waals surface area (Å²) in [7, 11) is 3.13. The molecule has 1 aliphatic heterocycles. The van der Waals surface area contributed by atoms with E-state index >= 15 is 0 Å². The molecular formula is C17H26N2O4. The van der Waals surface area contributed by atoms with Crippen molar-refractivity contribution in [2.75, 3.05) is 47.1 Å². The molecule has 0 aliphatic carbocycles. The topological polar surface area (TPSA) is 60.0 Å². The van der Waals surface area contributed by atoms with E-state index in [9.17, 15) is 4.79 Å². The third-order valence-corrected chi connectivity index (χ3v) is 4.20. The fourth-order valence-corrected chi connectivity index (χ4v) is 2.66. The number of rotatable bonds is 6. The molecule has 1 heterocycles. The maximum Gasteiger partial charge on any atom is 0.255 e. The van der Waals surface area contributed by atoms with Crippen LogP contribution in [0.5, 0.6) is 11.5 Å². The fraction of sp³-hybridized carbons (Fsp3) is 0.588. The molecule has 0 bridgehead atoms. The maximum atomic E-state index is 12.5. The first-order valence-corrected chi connectivity index (χ1v) is 7.81. The number of methoxy groups -OCH3 is 2. The van der Waals surface area contributed by atoms with Crippen LogP contribution in [0, 0.1) is 0 Å². The van der Waals surface area contributed by atoms with Gasteiger partial charge in [0.1, 0.15) is 11.5 Å². The molecule has 6 heteroatoms. The minimum absolute atomic E-state index is 0.133. The minimum atomic E-state index is -0.165. The first-order chi connectivity index (χ1) is 11.0. The summed E-state index contributed by atoms with van der Waals surface area (Å²) in [5.74, 6) is 0.998. The van der Waals surface area contributed by atoms with E-state index in [2.05, 4.69) is 24.1 Å². The quantitative estimate of drug-likeness (QED) is 0.861. The van der Waals surface area contributed by atoms with Gasteiger partial charge in [0.15, 0.2) is 0 Å². The number of nitrogens with one attached hydrogen (secondary N) is 1. The lowest BCUT2D eigenvalue weighted by Gasteiger charge is -2.40. The monoisotopic (exact) mass is 322 g/mol. The molecule has 1 aliphatic rings. The number of hydrogen-bond donors (Lipinski definition) is 1. The second-order valence-corrected chi connectivity index (χ2v) is 6.16. The van der Waals surface area contributed by atoms with Crippen molar-refractivity contribution in [1.29, 1.82) is 0 Å². The fourth-order valence-electron chi connectivity index (χ4n) is 2.66. The van der Waals surface area contributed by atoms with E-state index in [-0.39, 0.29) is 11.4 Å². The van der Waals surface area contributed by atoms with E-state index < -0.39 is 0 Å². The van der Waals surface area contributed by atoms with E-state index in [1.807, 2.05) is 0 Å². The van der Waals surface area contributed by atoms with Crippen LogP contribution in [0.1, 0.15) is 24.2 Å². The van der Waals surface area contributed by atoms with Crippen molar-refractivity contribution in [3.8, 4) is 11.5 Å². The molecule has 0 atom stereocenters. The van der Waals surface area contributed by atoms with Gasteiger partial charge in [-0.1, -0.05) is 0 Å². The summed E-state index contributed by atoms with van der Waals surface area (Å²) in [6.45, 7) is 8.04. The number of morpholine rings is 1. The summed E-state index contributed by atoms with van der Waals surface area (Å²) >= 11 is 0. The molecule has 6 nitrogen and oxygen atoms in total. The molecule has 0 unspecified atom stereocenters. The van der Waals surface area contributed by atoms with Gasteiger partial charge < -0.3 is 19.5 Å². The third kappa shape index (κ3) is 4.36. The Balaban J connectivity index is 2.03. The molecule has 1 saturated heterocycles. The van der Waals surface area contributed by atoms with Crippen LogP contribution in [0.25, 0.3) is 0 Å². The van der Waals surface area contributed by atoms with Crippen molar-refractivity contribution < 1.29 is 19.0 Å². The third-order valence-electron chi connectivity index (χ3n) is 4.20. The van der Waals surface area contributed by atoms with Crippen LogP contribution in [0.3, 0.4) is 0 Å². The number of nitrogens with zero attached hydrogens (tertiary/aromatic N) is 1. The average Bonchev–Trinajstić information content (AvgIpc) is 2.59. The van der Waals surface area contributed by atoms with Gasteiger partial charge in [0.05, 0.1) is 33.0 Å². The second-order valence-electron chi connectivity index (χ2n) is 6.16. The standard InChI is InChI=1S/C17H26N2O4/c1-17(2,19-7-9-23-10-8-19)12-18-16(20)14-11-13(21-3)5-6-15(14)22-4/h5-6,11H,7-10,12H2,1-4H3,(H,18,20). The van der Waals surface area contributed by atoms with E-state index in [4.69, 9.17) is 14.2 Å². The summed E-state index contributed by atoms with van der Waals surface area (Å²) in [6, 6.07) is 5.20. The zero-order valence-corrected chi connectivity index (χ0v) is 14.3. The summed E-state index contributed by atoms with van der Waals surface area (Å²) in [6.07, 6.45) is 0. The normalized spacial score (nSPS) is 16.0. The molecule has 0 radical (unpaired) electrons. The lowest BCUT2D eigenvalue weighted by molar-refractivity contribution is -0.00923. The molecule has 128 valence electrons. The number of amides is 1. The highest BCUT2D eigenvalue weighted by molar-refractivity contribution is 5.97. The van der Waals surface area contributed by atoms with Crippen molar-refractivity contribution in [3.05, 3.63) is 23.8 Å². The van der Waals surface area contributed by atoms with Crippen molar-refractivity contribution in [2.24, 2.45) is 0 Å². The van der Waals surface area contributed by atoms with E-state index in [1.165, 1.54) is 0 Å². The summed E-state index contributed by atoms with van der Waals surface area (Å²) in [5.41, 5.74) is 0.343. The van der Waals surface area contributed by atoms with Crippen LogP contribution < -0.4 is 14.8 Å². The SMILES string of the molecule is COc1ccc(OC)c(C(=O)NCC(C)(C)N2CCOCC2)c1. The molecule has 1 fully saturated rings. The van der Waals surface area contributed by atoms with E-state index in [0.717, 1.165) is 26.3 Å². The number of benzene rings is 1. The van der Waals surface area contributed by atoms with Crippen molar-refractivity contribution >= 4 is 5.91 Å². The number of carbonyl (C=O) groups is 1. The van der Waals surface area contributed by atoms with Gasteiger partial charge >= 0.3 is 0 Å². The van der Waals surface area contributed by atoms with Crippen molar-refractivity contribution in [3.63, 3.8) is 0 Å². The molecule has 1 aromatic rings. The number of carbonyl (C=O) groups excluding carboxylic acids is 1. The highest BCUT2D eigenvalue weighted by Crippen LogP contribution is 2.24. The van der Waals surface area contributed by atoms with Crippen LogP contribution >= 0.6 is 0 Å². The van der Waals surface area contributed by atoms with Gasteiger partial charge in [0, 0.05) is 25.2 Å². The Hall–Kier alpha value is -1.79. The Labute approximate surface area is 137 Å². The molecule has 0 aromatic heterocycles. The Bertz CT molecular complexity index is 539. The number of hydrogen-bond acceptors (Lipinski definition) is 5. The first kappa shape index (κ1) is 17.6. The minimum Gasteiger partial charge on any atom is -0.497 e. The smallest absolute Gasteiger partial charge is 0.255 e. The molecule has 23 heavy (non-hydrogen) atoms. The zero-order chi connectivity index (χ0) is 16.9. The van der Waals surface area contributed by atoms with Crippen LogP contribution in [-0.4, -0.2) is 63.4 Å². The van der Waals surface area contributed by atoms with Gasteiger partial charge in [0.2, 0.25) is 0 Å². The Morgan fingerprint density at radius 1 is 1.26 bits per heavy atom. The van der Waals surface area contributed by atoms with Crippen LogP contribution in [-0.2, 0) is 4.74 Å². The molecule has 0 spiro atoms. The van der Waals surface area contributed by atoms with E-state index in [1.54, 1.807) is 32.4 Å². The van der Waals surface area contributed by atoms with E-state index in [0.29, 0.717) is 23.6 Å². The second kappa shape index (κ2) is 7.66. The molecule has 1 amide bonds. The summed E-state index contributed by atoms with van der Waals surface area (Å²) < 4.78 is 15.8. The van der Waals surface area contributed by atoms with Gasteiger partial charge in [-0.3, -0.25) is 9.69 Å². The van der Waals surface area contributed by atoms with Crippen molar-refractivity contribution in [2.45, 2.75) is 19.4 Å². The molecule has 1 aromatic carbocycles. The predicted octanol–water partition coefficient (Wildman–Crippen LogP) is 1.54. The Morgan fingerprint density at radius 2 is 1.96 bits per heavy atom. The van der Waals surface area contributed by atoms with Gasteiger partial charge in [-0.15, -0.1) is 0 Å². The maximum absolute atomic E-state index is 12.5. The lowest BCUT2D eigenvalue weighted by atomic mass is 10.0. The lowest BCUT2D eigenvalue weighted by Crippen LogP contribution is -2.55. The molecular weight excluding hydrogens is 296 g/mol. The van der Waals surface area contributed by atoms with Gasteiger partial charge in [0.25, 0.3) is 5.91 Å².